The number of unbranched alkanes of at least 4 members (excludes halogenated alkanes) is 3. The maximum atomic E-state index is 4.83. The molecule has 0 atom stereocenters. The van der Waals surface area contributed by atoms with Gasteiger partial charge >= 0.3 is 0 Å². The van der Waals surface area contributed by atoms with Crippen LogP contribution in [-0.2, 0) is 25.9 Å². The highest BCUT2D eigenvalue weighted by molar-refractivity contribution is 5.26. The molecule has 0 fully saturated rings. The van der Waals surface area contributed by atoms with Gasteiger partial charge in [0, 0.05) is 24.3 Å². The van der Waals surface area contributed by atoms with Crippen molar-refractivity contribution in [3.8, 4) is 0 Å². The summed E-state index contributed by atoms with van der Waals surface area (Å²) in [5.41, 5.74) is 4.17. The number of aryl methyl sites for hydroxylation is 2. The van der Waals surface area contributed by atoms with Gasteiger partial charge in [0.2, 0.25) is 0 Å². The summed E-state index contributed by atoms with van der Waals surface area (Å²) in [6.45, 7) is 11.9. The van der Waals surface area contributed by atoms with Gasteiger partial charge in [-0.1, -0.05) is 47.0 Å². The first-order chi connectivity index (χ1) is 9.28. The summed E-state index contributed by atoms with van der Waals surface area (Å²) >= 11 is 0. The second-order valence-corrected chi connectivity index (χ2v) is 5.14. The maximum absolute atomic E-state index is 4.83. The van der Waals surface area contributed by atoms with E-state index in [1.807, 2.05) is 0 Å². The largest absolute Gasteiger partial charge is 0.313 e. The van der Waals surface area contributed by atoms with Gasteiger partial charge in [0.1, 0.15) is 0 Å². The first-order valence-corrected chi connectivity index (χ1v) is 8.06. The third-order valence-electron chi connectivity index (χ3n) is 3.69. The van der Waals surface area contributed by atoms with Crippen molar-refractivity contribution < 1.29 is 0 Å². The van der Waals surface area contributed by atoms with Crippen molar-refractivity contribution in [2.45, 2.75) is 79.3 Å². The molecule has 1 aromatic rings. The van der Waals surface area contributed by atoms with Crippen molar-refractivity contribution in [1.82, 2.24) is 15.1 Å². The predicted octanol–water partition coefficient (Wildman–Crippen LogP) is 3.70. The Morgan fingerprint density at radius 1 is 1.00 bits per heavy atom. The van der Waals surface area contributed by atoms with Gasteiger partial charge in [0.05, 0.1) is 5.69 Å². The molecule has 0 amide bonds. The quantitative estimate of drug-likeness (QED) is 0.654. The van der Waals surface area contributed by atoms with Crippen LogP contribution in [0.15, 0.2) is 0 Å². The third kappa shape index (κ3) is 4.64. The van der Waals surface area contributed by atoms with E-state index in [4.69, 9.17) is 5.10 Å². The number of hydrogen-bond donors (Lipinski definition) is 1. The minimum absolute atomic E-state index is 0.970. The molecule has 0 aliphatic carbocycles. The summed E-state index contributed by atoms with van der Waals surface area (Å²) in [5, 5.41) is 8.28. The zero-order valence-electron chi connectivity index (χ0n) is 13.3. The molecule has 0 radical (unpaired) electrons. The van der Waals surface area contributed by atoms with Gasteiger partial charge < -0.3 is 5.32 Å². The lowest BCUT2D eigenvalue weighted by atomic mass is 10.1. The summed E-state index contributed by atoms with van der Waals surface area (Å²) in [6.07, 6.45) is 7.34. The first-order valence-electron chi connectivity index (χ1n) is 8.06. The summed E-state index contributed by atoms with van der Waals surface area (Å²) in [6, 6.07) is 0. The second kappa shape index (κ2) is 9.13. The lowest BCUT2D eigenvalue weighted by molar-refractivity contribution is 0.521. The number of rotatable bonds is 10. The summed E-state index contributed by atoms with van der Waals surface area (Å²) in [7, 11) is 0. The molecule has 0 aliphatic heterocycles. The number of aromatic nitrogens is 2. The van der Waals surface area contributed by atoms with Gasteiger partial charge in [-0.3, -0.25) is 4.68 Å². The monoisotopic (exact) mass is 265 g/mol. The Morgan fingerprint density at radius 3 is 2.37 bits per heavy atom. The maximum Gasteiger partial charge on any atom is 0.0669 e. The van der Waals surface area contributed by atoms with Gasteiger partial charge in [0.25, 0.3) is 0 Å². The summed E-state index contributed by atoms with van der Waals surface area (Å²) in [4.78, 5) is 0. The van der Waals surface area contributed by atoms with Gasteiger partial charge in [-0.2, -0.15) is 5.10 Å². The lowest BCUT2D eigenvalue weighted by Gasteiger charge is -2.08. The summed E-state index contributed by atoms with van der Waals surface area (Å²) < 4.78 is 2.27. The van der Waals surface area contributed by atoms with E-state index in [1.165, 1.54) is 42.6 Å². The van der Waals surface area contributed by atoms with Crippen molar-refractivity contribution in [3.63, 3.8) is 0 Å². The van der Waals surface area contributed by atoms with Crippen LogP contribution in [0.2, 0.25) is 0 Å². The zero-order valence-corrected chi connectivity index (χ0v) is 13.3. The van der Waals surface area contributed by atoms with Crippen LogP contribution in [-0.4, -0.2) is 16.3 Å². The Balaban J connectivity index is 2.76. The molecule has 1 rings (SSSR count). The fourth-order valence-corrected chi connectivity index (χ4v) is 2.60. The Kier molecular flexibility index (Phi) is 7.80. The van der Waals surface area contributed by atoms with E-state index in [1.54, 1.807) is 0 Å². The van der Waals surface area contributed by atoms with Crippen molar-refractivity contribution in [3.05, 3.63) is 17.0 Å². The van der Waals surface area contributed by atoms with Crippen LogP contribution < -0.4 is 5.32 Å². The molecule has 110 valence electrons. The highest BCUT2D eigenvalue weighted by Gasteiger charge is 2.14. The van der Waals surface area contributed by atoms with E-state index in [2.05, 4.69) is 37.7 Å². The number of nitrogens with zero attached hydrogens (tertiary/aromatic N) is 2. The second-order valence-electron chi connectivity index (χ2n) is 5.14. The van der Waals surface area contributed by atoms with Crippen LogP contribution in [0.4, 0.5) is 0 Å². The van der Waals surface area contributed by atoms with Gasteiger partial charge in [-0.25, -0.2) is 0 Å². The molecule has 0 aliphatic rings. The highest BCUT2D eigenvalue weighted by atomic mass is 15.3. The molecule has 1 N–H and O–H groups in total. The Morgan fingerprint density at radius 2 is 1.79 bits per heavy atom. The van der Waals surface area contributed by atoms with Crippen LogP contribution in [0.1, 0.15) is 70.3 Å². The van der Waals surface area contributed by atoms with Crippen LogP contribution in [0.25, 0.3) is 0 Å². The van der Waals surface area contributed by atoms with Crippen molar-refractivity contribution in [1.29, 1.82) is 0 Å². The minimum Gasteiger partial charge on any atom is -0.313 e. The van der Waals surface area contributed by atoms with Crippen molar-refractivity contribution in [2.75, 3.05) is 6.54 Å². The topological polar surface area (TPSA) is 29.9 Å². The van der Waals surface area contributed by atoms with Crippen molar-refractivity contribution >= 4 is 0 Å². The Hall–Kier alpha value is -0.830. The average Bonchev–Trinajstić information content (AvgIpc) is 2.78. The van der Waals surface area contributed by atoms with E-state index < -0.39 is 0 Å². The average molecular weight is 265 g/mol. The first kappa shape index (κ1) is 16.2. The minimum atomic E-state index is 0.970. The van der Waals surface area contributed by atoms with E-state index in [-0.39, 0.29) is 0 Å². The van der Waals surface area contributed by atoms with E-state index in [9.17, 15) is 0 Å². The molecule has 0 saturated heterocycles. The van der Waals surface area contributed by atoms with Crippen molar-refractivity contribution in [2.24, 2.45) is 0 Å². The third-order valence-corrected chi connectivity index (χ3v) is 3.69. The van der Waals surface area contributed by atoms with E-state index in [0.717, 1.165) is 32.5 Å². The SMILES string of the molecule is CCCCCCn1nc(CC)c(CNCC)c1CC. The molecule has 0 unspecified atom stereocenters. The molecule has 0 spiro atoms. The fraction of sp³-hybridized carbons (Fsp3) is 0.812. The zero-order chi connectivity index (χ0) is 14.1. The molecule has 3 heteroatoms. The molecule has 0 bridgehead atoms. The van der Waals surface area contributed by atoms with Gasteiger partial charge in [-0.15, -0.1) is 0 Å². The van der Waals surface area contributed by atoms with E-state index in [0.29, 0.717) is 0 Å². The standard InChI is InChI=1S/C16H31N3/c1-5-9-10-11-12-19-16(7-3)14(13-17-8-4)15(6-2)18-19/h17H,5-13H2,1-4H3. The fourth-order valence-electron chi connectivity index (χ4n) is 2.60. The summed E-state index contributed by atoms with van der Waals surface area (Å²) in [5.74, 6) is 0. The molecule has 1 heterocycles. The molecule has 3 nitrogen and oxygen atoms in total. The van der Waals surface area contributed by atoms with Crippen LogP contribution in [0.3, 0.4) is 0 Å². The Labute approximate surface area is 118 Å². The van der Waals surface area contributed by atoms with Gasteiger partial charge in [-0.05, 0) is 25.8 Å². The number of nitrogens with one attached hydrogen (secondary N) is 1. The molecule has 1 aromatic heterocycles. The number of hydrogen-bond acceptors (Lipinski definition) is 2. The smallest absolute Gasteiger partial charge is 0.0669 e. The highest BCUT2D eigenvalue weighted by Crippen LogP contribution is 2.17. The van der Waals surface area contributed by atoms with Crippen LogP contribution in [0, 0.1) is 0 Å². The van der Waals surface area contributed by atoms with Crippen LogP contribution >= 0.6 is 0 Å². The van der Waals surface area contributed by atoms with Gasteiger partial charge in [0.15, 0.2) is 0 Å². The molecule has 19 heavy (non-hydrogen) atoms. The molecular weight excluding hydrogens is 234 g/mol. The van der Waals surface area contributed by atoms with Crippen LogP contribution in [0.5, 0.6) is 0 Å². The Bertz CT molecular complexity index is 355. The molecular formula is C16H31N3. The molecule has 0 aromatic carbocycles. The predicted molar refractivity (Wildman–Crippen MR) is 82.5 cm³/mol. The molecule has 0 saturated carbocycles. The van der Waals surface area contributed by atoms with E-state index >= 15 is 0 Å². The normalized spacial score (nSPS) is 11.2. The lowest BCUT2D eigenvalue weighted by Crippen LogP contribution is -2.14.